The van der Waals surface area contributed by atoms with Crippen molar-refractivity contribution >= 4 is 11.9 Å². The van der Waals surface area contributed by atoms with E-state index in [9.17, 15) is 9.59 Å². The van der Waals surface area contributed by atoms with Crippen LogP contribution in [0.1, 0.15) is 40.5 Å². The van der Waals surface area contributed by atoms with Gasteiger partial charge in [-0.2, -0.15) is 0 Å². The van der Waals surface area contributed by atoms with E-state index in [1.165, 1.54) is 0 Å². The standard InChI is InChI=1S/C15H28N2O3/c1-5-20-14(18)10-17(9-11(2)3)15(19)13-6-7-16-12(4)8-13/h11-13,16H,5-10H2,1-4H3/t12-,13-/m0/s1. The largest absolute Gasteiger partial charge is 0.465 e. The second kappa shape index (κ2) is 8.25. The summed E-state index contributed by atoms with van der Waals surface area (Å²) in [5.41, 5.74) is 0. The summed E-state index contributed by atoms with van der Waals surface area (Å²) in [5.74, 6) is 0.149. The van der Waals surface area contributed by atoms with Gasteiger partial charge in [-0.05, 0) is 39.2 Å². The quantitative estimate of drug-likeness (QED) is 0.750. The van der Waals surface area contributed by atoms with Crippen LogP contribution in [0.2, 0.25) is 0 Å². The number of nitrogens with one attached hydrogen (secondary N) is 1. The lowest BCUT2D eigenvalue weighted by molar-refractivity contribution is -0.151. The first kappa shape index (κ1) is 17.0. The molecule has 5 nitrogen and oxygen atoms in total. The number of rotatable bonds is 6. The topological polar surface area (TPSA) is 58.6 Å². The van der Waals surface area contributed by atoms with Gasteiger partial charge < -0.3 is 15.0 Å². The fraction of sp³-hybridized carbons (Fsp3) is 0.867. The second-order valence-corrected chi connectivity index (χ2v) is 5.99. The van der Waals surface area contributed by atoms with E-state index >= 15 is 0 Å². The third-order valence-electron chi connectivity index (χ3n) is 3.50. The summed E-state index contributed by atoms with van der Waals surface area (Å²) in [6.45, 7) is 9.88. The Balaban J connectivity index is 2.65. The van der Waals surface area contributed by atoms with Crippen molar-refractivity contribution in [2.75, 3.05) is 26.2 Å². The number of ether oxygens (including phenoxy) is 1. The van der Waals surface area contributed by atoms with Gasteiger partial charge in [0.15, 0.2) is 0 Å². The van der Waals surface area contributed by atoms with Crippen molar-refractivity contribution in [3.05, 3.63) is 0 Å². The Morgan fingerprint density at radius 3 is 2.65 bits per heavy atom. The number of esters is 1. The zero-order chi connectivity index (χ0) is 15.1. The van der Waals surface area contributed by atoms with E-state index in [1.54, 1.807) is 11.8 Å². The maximum Gasteiger partial charge on any atom is 0.325 e. The third kappa shape index (κ3) is 5.49. The molecule has 0 aromatic rings. The summed E-state index contributed by atoms with van der Waals surface area (Å²) >= 11 is 0. The summed E-state index contributed by atoms with van der Waals surface area (Å²) in [4.78, 5) is 25.9. The van der Waals surface area contributed by atoms with Gasteiger partial charge in [0.2, 0.25) is 5.91 Å². The molecule has 2 atom stereocenters. The number of nitrogens with zero attached hydrogens (tertiary/aromatic N) is 1. The van der Waals surface area contributed by atoms with Crippen molar-refractivity contribution in [1.82, 2.24) is 10.2 Å². The van der Waals surface area contributed by atoms with Gasteiger partial charge in [0, 0.05) is 18.5 Å². The molecule has 0 aliphatic carbocycles. The molecule has 1 N–H and O–H groups in total. The Labute approximate surface area is 122 Å². The lowest BCUT2D eigenvalue weighted by Crippen LogP contribution is -2.46. The van der Waals surface area contributed by atoms with Crippen LogP contribution >= 0.6 is 0 Å². The predicted octanol–water partition coefficient (Wildman–Crippen LogP) is 1.42. The maximum atomic E-state index is 12.6. The predicted molar refractivity (Wildman–Crippen MR) is 78.2 cm³/mol. The highest BCUT2D eigenvalue weighted by Gasteiger charge is 2.30. The highest BCUT2D eigenvalue weighted by atomic mass is 16.5. The van der Waals surface area contributed by atoms with Gasteiger partial charge in [-0.3, -0.25) is 9.59 Å². The van der Waals surface area contributed by atoms with Crippen LogP contribution in [-0.4, -0.2) is 49.1 Å². The molecular formula is C15H28N2O3. The Hall–Kier alpha value is -1.10. The van der Waals surface area contributed by atoms with Gasteiger partial charge in [-0.25, -0.2) is 0 Å². The lowest BCUT2D eigenvalue weighted by Gasteiger charge is -2.32. The zero-order valence-electron chi connectivity index (χ0n) is 13.1. The molecule has 1 amide bonds. The summed E-state index contributed by atoms with van der Waals surface area (Å²) in [6, 6.07) is 0.362. The molecule has 0 saturated carbocycles. The van der Waals surface area contributed by atoms with Crippen LogP contribution in [0.25, 0.3) is 0 Å². The van der Waals surface area contributed by atoms with Crippen LogP contribution < -0.4 is 5.32 Å². The van der Waals surface area contributed by atoms with Crippen LogP contribution in [0.15, 0.2) is 0 Å². The van der Waals surface area contributed by atoms with Gasteiger partial charge in [0.25, 0.3) is 0 Å². The number of carbonyl (C=O) groups excluding carboxylic acids is 2. The minimum absolute atomic E-state index is 0.0272. The highest BCUT2D eigenvalue weighted by molar-refractivity contribution is 5.83. The first-order valence-electron chi connectivity index (χ1n) is 7.61. The molecule has 1 aliphatic heterocycles. The Morgan fingerprint density at radius 2 is 2.10 bits per heavy atom. The highest BCUT2D eigenvalue weighted by Crippen LogP contribution is 2.19. The zero-order valence-corrected chi connectivity index (χ0v) is 13.1. The Morgan fingerprint density at radius 1 is 1.40 bits per heavy atom. The Bertz CT molecular complexity index is 331. The summed E-state index contributed by atoms with van der Waals surface area (Å²) in [5, 5.41) is 3.35. The van der Waals surface area contributed by atoms with Gasteiger partial charge in [0.1, 0.15) is 6.54 Å². The number of piperidine rings is 1. The molecule has 0 aromatic carbocycles. The maximum absolute atomic E-state index is 12.6. The van der Waals surface area contributed by atoms with E-state index in [-0.39, 0.29) is 24.3 Å². The minimum Gasteiger partial charge on any atom is -0.465 e. The fourth-order valence-electron chi connectivity index (χ4n) is 2.65. The van der Waals surface area contributed by atoms with Crippen LogP contribution in [0.4, 0.5) is 0 Å². The van der Waals surface area contributed by atoms with Gasteiger partial charge >= 0.3 is 5.97 Å². The normalized spacial score (nSPS) is 22.6. The molecule has 116 valence electrons. The molecular weight excluding hydrogens is 256 g/mol. The van der Waals surface area contributed by atoms with Crippen LogP contribution in [0.3, 0.4) is 0 Å². The summed E-state index contributed by atoms with van der Waals surface area (Å²) in [7, 11) is 0. The van der Waals surface area contributed by atoms with Crippen molar-refractivity contribution < 1.29 is 14.3 Å². The molecule has 0 aromatic heterocycles. The molecule has 1 fully saturated rings. The van der Waals surface area contributed by atoms with Crippen molar-refractivity contribution in [3.63, 3.8) is 0 Å². The first-order valence-corrected chi connectivity index (χ1v) is 7.61. The van der Waals surface area contributed by atoms with Crippen molar-refractivity contribution in [2.24, 2.45) is 11.8 Å². The SMILES string of the molecule is CCOC(=O)CN(CC(C)C)C(=O)[C@H]1CCN[C@@H](C)C1. The Kier molecular flexibility index (Phi) is 6.99. The molecule has 1 saturated heterocycles. The molecule has 0 bridgehead atoms. The monoisotopic (exact) mass is 284 g/mol. The van der Waals surface area contributed by atoms with Crippen molar-refractivity contribution in [3.8, 4) is 0 Å². The molecule has 0 radical (unpaired) electrons. The molecule has 20 heavy (non-hydrogen) atoms. The second-order valence-electron chi connectivity index (χ2n) is 5.99. The van der Waals surface area contributed by atoms with Crippen molar-refractivity contribution in [1.29, 1.82) is 0 Å². The average molecular weight is 284 g/mol. The number of hydrogen-bond donors (Lipinski definition) is 1. The van der Waals surface area contributed by atoms with Crippen molar-refractivity contribution in [2.45, 2.75) is 46.6 Å². The van der Waals surface area contributed by atoms with E-state index in [1.807, 2.05) is 0 Å². The molecule has 1 aliphatic rings. The summed E-state index contributed by atoms with van der Waals surface area (Å²) in [6.07, 6.45) is 1.69. The smallest absolute Gasteiger partial charge is 0.325 e. The number of amides is 1. The van der Waals surface area contributed by atoms with Crippen LogP contribution in [0, 0.1) is 11.8 Å². The van der Waals surface area contributed by atoms with E-state index in [2.05, 4.69) is 26.1 Å². The lowest BCUT2D eigenvalue weighted by atomic mass is 9.91. The van der Waals surface area contributed by atoms with Gasteiger partial charge in [0.05, 0.1) is 6.61 Å². The first-order chi connectivity index (χ1) is 9.43. The van der Waals surface area contributed by atoms with Crippen LogP contribution in [-0.2, 0) is 14.3 Å². The van der Waals surface area contributed by atoms with Crippen LogP contribution in [0.5, 0.6) is 0 Å². The molecule has 5 heteroatoms. The van der Waals surface area contributed by atoms with E-state index in [0.717, 1.165) is 19.4 Å². The van der Waals surface area contributed by atoms with Gasteiger partial charge in [-0.1, -0.05) is 13.8 Å². The minimum atomic E-state index is -0.316. The summed E-state index contributed by atoms with van der Waals surface area (Å²) < 4.78 is 4.97. The third-order valence-corrected chi connectivity index (χ3v) is 3.50. The molecule has 1 heterocycles. The van der Waals surface area contributed by atoms with E-state index in [4.69, 9.17) is 4.74 Å². The number of carbonyl (C=O) groups is 2. The van der Waals surface area contributed by atoms with E-state index in [0.29, 0.717) is 25.1 Å². The van der Waals surface area contributed by atoms with E-state index < -0.39 is 0 Å². The van der Waals surface area contributed by atoms with Gasteiger partial charge in [-0.15, -0.1) is 0 Å². The molecule has 1 rings (SSSR count). The average Bonchev–Trinajstić information content (AvgIpc) is 2.37. The molecule has 0 spiro atoms. The fourth-order valence-corrected chi connectivity index (χ4v) is 2.65. The molecule has 0 unspecified atom stereocenters. The number of hydrogen-bond acceptors (Lipinski definition) is 4.